The van der Waals surface area contributed by atoms with Gasteiger partial charge in [0.2, 0.25) is 0 Å². The Morgan fingerprint density at radius 2 is 1.78 bits per heavy atom. The predicted octanol–water partition coefficient (Wildman–Crippen LogP) is 1.61. The molecule has 0 aliphatic rings. The van der Waals surface area contributed by atoms with Gasteiger partial charge in [0.05, 0.1) is 12.7 Å². The first-order valence-corrected chi connectivity index (χ1v) is 4.87. The molecule has 0 radical (unpaired) electrons. The number of halogens is 3. The number of ether oxygens (including phenoxy) is 1. The quantitative estimate of drug-likeness (QED) is 0.841. The molecule has 1 aromatic rings. The second-order valence-corrected chi connectivity index (χ2v) is 3.33. The lowest BCUT2D eigenvalue weighted by Crippen LogP contribution is -2.30. The highest BCUT2D eigenvalue weighted by atomic mass is 19.4. The number of benzene rings is 1. The van der Waals surface area contributed by atoms with Gasteiger partial charge in [0.1, 0.15) is 6.54 Å². The Hall–Kier alpha value is -2.05. The monoisotopic (exact) mass is 261 g/mol. The van der Waals surface area contributed by atoms with E-state index in [4.69, 9.17) is 0 Å². The number of nitrogens with one attached hydrogen (secondary N) is 1. The minimum atomic E-state index is -4.44. The number of hydrogen-bond acceptors (Lipinski definition) is 3. The van der Waals surface area contributed by atoms with Gasteiger partial charge in [-0.15, -0.1) is 0 Å². The Labute approximate surface area is 101 Å². The SMILES string of the molecule is COC(=O)CNC(=O)c1ccc(C(F)(F)F)cc1. The van der Waals surface area contributed by atoms with E-state index < -0.39 is 23.6 Å². The summed E-state index contributed by atoms with van der Waals surface area (Å²) in [6.07, 6.45) is -4.44. The van der Waals surface area contributed by atoms with Crippen LogP contribution in [-0.4, -0.2) is 25.5 Å². The van der Waals surface area contributed by atoms with E-state index in [1.165, 1.54) is 0 Å². The lowest BCUT2D eigenvalue weighted by molar-refractivity contribution is -0.139. The number of methoxy groups -OCH3 is 1. The summed E-state index contributed by atoms with van der Waals surface area (Å²) in [6, 6.07) is 3.67. The van der Waals surface area contributed by atoms with E-state index in [9.17, 15) is 22.8 Å². The summed E-state index contributed by atoms with van der Waals surface area (Å²) in [7, 11) is 1.16. The number of amides is 1. The van der Waals surface area contributed by atoms with Crippen LogP contribution >= 0.6 is 0 Å². The van der Waals surface area contributed by atoms with Gasteiger partial charge >= 0.3 is 12.1 Å². The molecular weight excluding hydrogens is 251 g/mol. The molecule has 0 aliphatic heterocycles. The van der Waals surface area contributed by atoms with Crippen molar-refractivity contribution in [1.82, 2.24) is 5.32 Å². The van der Waals surface area contributed by atoms with Gasteiger partial charge in [-0.25, -0.2) is 0 Å². The van der Waals surface area contributed by atoms with Crippen LogP contribution in [0.4, 0.5) is 13.2 Å². The number of rotatable bonds is 3. The van der Waals surface area contributed by atoms with Crippen LogP contribution in [0.1, 0.15) is 15.9 Å². The first kappa shape index (κ1) is 14.0. The third kappa shape index (κ3) is 3.76. The topological polar surface area (TPSA) is 55.4 Å². The zero-order valence-electron chi connectivity index (χ0n) is 9.38. The molecule has 1 rings (SSSR count). The van der Waals surface area contributed by atoms with Crippen LogP contribution in [-0.2, 0) is 15.7 Å². The summed E-state index contributed by atoms with van der Waals surface area (Å²) in [6.45, 7) is -0.337. The van der Waals surface area contributed by atoms with Gasteiger partial charge in [-0.1, -0.05) is 0 Å². The fourth-order valence-corrected chi connectivity index (χ4v) is 1.14. The second-order valence-electron chi connectivity index (χ2n) is 3.33. The molecule has 0 saturated carbocycles. The highest BCUT2D eigenvalue weighted by molar-refractivity contribution is 5.95. The Morgan fingerprint density at radius 1 is 1.22 bits per heavy atom. The first-order chi connectivity index (χ1) is 8.34. The molecule has 4 nitrogen and oxygen atoms in total. The highest BCUT2D eigenvalue weighted by Gasteiger charge is 2.30. The van der Waals surface area contributed by atoms with E-state index in [1.807, 2.05) is 0 Å². The summed E-state index contributed by atoms with van der Waals surface area (Å²) >= 11 is 0. The first-order valence-electron chi connectivity index (χ1n) is 4.87. The Morgan fingerprint density at radius 3 is 2.22 bits per heavy atom. The normalized spacial score (nSPS) is 10.9. The van der Waals surface area contributed by atoms with E-state index in [0.717, 1.165) is 31.4 Å². The van der Waals surface area contributed by atoms with Crippen molar-refractivity contribution in [3.05, 3.63) is 35.4 Å². The van der Waals surface area contributed by atoms with Gasteiger partial charge in [0, 0.05) is 5.56 Å². The lowest BCUT2D eigenvalue weighted by atomic mass is 10.1. The van der Waals surface area contributed by atoms with Gasteiger partial charge in [0.15, 0.2) is 0 Å². The molecule has 0 saturated heterocycles. The van der Waals surface area contributed by atoms with Crippen molar-refractivity contribution < 1.29 is 27.5 Å². The molecule has 1 amide bonds. The molecule has 0 atom stereocenters. The molecule has 0 aliphatic carbocycles. The van der Waals surface area contributed by atoms with E-state index in [0.29, 0.717) is 0 Å². The maximum absolute atomic E-state index is 12.3. The fraction of sp³-hybridized carbons (Fsp3) is 0.273. The fourth-order valence-electron chi connectivity index (χ4n) is 1.14. The molecular formula is C11H10F3NO3. The zero-order valence-corrected chi connectivity index (χ0v) is 9.38. The maximum atomic E-state index is 12.3. The number of hydrogen-bond donors (Lipinski definition) is 1. The van der Waals surface area contributed by atoms with E-state index in [-0.39, 0.29) is 12.1 Å². The molecule has 98 valence electrons. The molecule has 1 N–H and O–H groups in total. The van der Waals surface area contributed by atoms with Crippen LogP contribution in [0.3, 0.4) is 0 Å². The number of carbonyl (C=O) groups is 2. The summed E-state index contributed by atoms with van der Waals surface area (Å²) < 4.78 is 41.1. The average molecular weight is 261 g/mol. The number of alkyl halides is 3. The smallest absolute Gasteiger partial charge is 0.416 e. The Bertz CT molecular complexity index is 440. The molecule has 0 unspecified atom stereocenters. The number of esters is 1. The van der Waals surface area contributed by atoms with Crippen molar-refractivity contribution in [2.75, 3.05) is 13.7 Å². The lowest BCUT2D eigenvalue weighted by Gasteiger charge is -2.07. The Balaban J connectivity index is 2.68. The molecule has 1 aromatic carbocycles. The predicted molar refractivity (Wildman–Crippen MR) is 55.8 cm³/mol. The third-order valence-electron chi connectivity index (χ3n) is 2.10. The highest BCUT2D eigenvalue weighted by Crippen LogP contribution is 2.28. The number of carbonyl (C=O) groups excluding carboxylic acids is 2. The largest absolute Gasteiger partial charge is 0.468 e. The van der Waals surface area contributed by atoms with Crippen LogP contribution in [0.5, 0.6) is 0 Å². The summed E-state index contributed by atoms with van der Waals surface area (Å²) in [5, 5.41) is 2.21. The summed E-state index contributed by atoms with van der Waals surface area (Å²) in [4.78, 5) is 22.2. The second kappa shape index (κ2) is 5.52. The van der Waals surface area contributed by atoms with Crippen LogP contribution in [0, 0.1) is 0 Å². The Kier molecular flexibility index (Phi) is 4.30. The minimum absolute atomic E-state index is 0.0342. The molecule has 0 bridgehead atoms. The van der Waals surface area contributed by atoms with Gasteiger partial charge in [-0.05, 0) is 24.3 Å². The van der Waals surface area contributed by atoms with E-state index in [1.54, 1.807) is 0 Å². The van der Waals surface area contributed by atoms with Crippen molar-refractivity contribution in [2.45, 2.75) is 6.18 Å². The summed E-state index contributed by atoms with van der Waals surface area (Å²) in [5.74, 6) is -1.29. The molecule has 7 heteroatoms. The van der Waals surface area contributed by atoms with Crippen molar-refractivity contribution in [1.29, 1.82) is 0 Å². The summed E-state index contributed by atoms with van der Waals surface area (Å²) in [5.41, 5.74) is -0.807. The van der Waals surface area contributed by atoms with Crippen molar-refractivity contribution in [3.8, 4) is 0 Å². The van der Waals surface area contributed by atoms with Gasteiger partial charge in [0.25, 0.3) is 5.91 Å². The van der Waals surface area contributed by atoms with Crippen LogP contribution in [0.25, 0.3) is 0 Å². The van der Waals surface area contributed by atoms with Crippen molar-refractivity contribution >= 4 is 11.9 Å². The van der Waals surface area contributed by atoms with Gasteiger partial charge < -0.3 is 10.1 Å². The van der Waals surface area contributed by atoms with E-state index >= 15 is 0 Å². The molecule has 0 aromatic heterocycles. The standard InChI is InChI=1S/C11H10F3NO3/c1-18-9(16)6-15-10(17)7-2-4-8(5-3-7)11(12,13)14/h2-5H,6H2,1H3,(H,15,17). The minimum Gasteiger partial charge on any atom is -0.468 e. The van der Waals surface area contributed by atoms with Crippen LogP contribution in [0.2, 0.25) is 0 Å². The molecule has 0 fully saturated rings. The van der Waals surface area contributed by atoms with Crippen LogP contribution < -0.4 is 5.32 Å². The maximum Gasteiger partial charge on any atom is 0.416 e. The van der Waals surface area contributed by atoms with Gasteiger partial charge in [-0.2, -0.15) is 13.2 Å². The molecule has 0 heterocycles. The van der Waals surface area contributed by atoms with Crippen molar-refractivity contribution in [2.24, 2.45) is 0 Å². The van der Waals surface area contributed by atoms with Crippen molar-refractivity contribution in [3.63, 3.8) is 0 Å². The van der Waals surface area contributed by atoms with E-state index in [2.05, 4.69) is 10.1 Å². The van der Waals surface area contributed by atoms with Crippen LogP contribution in [0.15, 0.2) is 24.3 Å². The molecule has 18 heavy (non-hydrogen) atoms. The van der Waals surface area contributed by atoms with Gasteiger partial charge in [-0.3, -0.25) is 9.59 Å². The third-order valence-corrected chi connectivity index (χ3v) is 2.10. The zero-order chi connectivity index (χ0) is 13.8. The average Bonchev–Trinajstić information content (AvgIpc) is 2.34. The molecule has 0 spiro atoms.